The van der Waals surface area contributed by atoms with Gasteiger partial charge in [0.05, 0.1) is 12.3 Å². The first-order chi connectivity index (χ1) is 8.61. The number of hydrogen-bond acceptors (Lipinski definition) is 4. The number of nitrogens with zero attached hydrogens (tertiary/aromatic N) is 2. The maximum atomic E-state index is 12.8. The van der Waals surface area contributed by atoms with E-state index in [1.54, 1.807) is 6.92 Å². The van der Waals surface area contributed by atoms with Gasteiger partial charge in [0.15, 0.2) is 5.82 Å². The van der Waals surface area contributed by atoms with Crippen molar-refractivity contribution in [3.63, 3.8) is 0 Å². The number of benzene rings is 1. The zero-order chi connectivity index (χ0) is 13.1. The lowest BCUT2D eigenvalue weighted by Gasteiger charge is -1.99. The number of ether oxygens (including phenoxy) is 1. The van der Waals surface area contributed by atoms with Gasteiger partial charge in [0.1, 0.15) is 11.4 Å². The molecule has 5 nitrogen and oxygen atoms in total. The first kappa shape index (κ1) is 12.1. The Labute approximate surface area is 103 Å². The summed E-state index contributed by atoms with van der Waals surface area (Å²) in [6, 6.07) is 5.68. The van der Waals surface area contributed by atoms with E-state index < -0.39 is 5.97 Å². The average molecular weight is 249 g/mol. The molecule has 2 N–H and O–H groups in total. The number of esters is 1. The van der Waals surface area contributed by atoms with Crippen LogP contribution in [0.2, 0.25) is 0 Å². The standard InChI is InChI=1S/C12H12FN3O2/c1-2-18-12(17)10-7-16(15-11(10)14)9-5-3-8(13)4-6-9/h3-7H,2H2,1H3,(H2,14,15). The van der Waals surface area contributed by atoms with Crippen molar-refractivity contribution in [3.8, 4) is 5.69 Å². The van der Waals surface area contributed by atoms with Crippen LogP contribution >= 0.6 is 0 Å². The molecule has 94 valence electrons. The second-order valence-electron chi connectivity index (χ2n) is 3.57. The normalized spacial score (nSPS) is 10.3. The number of hydrogen-bond donors (Lipinski definition) is 1. The highest BCUT2D eigenvalue weighted by Crippen LogP contribution is 2.15. The van der Waals surface area contributed by atoms with Gasteiger partial charge in [-0.3, -0.25) is 0 Å². The van der Waals surface area contributed by atoms with E-state index in [0.717, 1.165) is 0 Å². The Morgan fingerprint density at radius 2 is 2.11 bits per heavy atom. The zero-order valence-electron chi connectivity index (χ0n) is 9.76. The molecule has 0 spiro atoms. The molecule has 2 rings (SSSR count). The molecule has 0 radical (unpaired) electrons. The molecular formula is C12H12FN3O2. The van der Waals surface area contributed by atoms with E-state index in [1.807, 2.05) is 0 Å². The number of carbonyl (C=O) groups is 1. The minimum atomic E-state index is -0.525. The molecule has 0 aliphatic rings. The van der Waals surface area contributed by atoms with E-state index in [9.17, 15) is 9.18 Å². The number of carbonyl (C=O) groups excluding carboxylic acids is 1. The number of nitrogen functional groups attached to an aromatic ring is 1. The molecule has 0 aliphatic heterocycles. The highest BCUT2D eigenvalue weighted by atomic mass is 19.1. The maximum absolute atomic E-state index is 12.8. The van der Waals surface area contributed by atoms with Gasteiger partial charge in [0.2, 0.25) is 0 Å². The second kappa shape index (κ2) is 4.87. The molecule has 0 aliphatic carbocycles. The number of nitrogens with two attached hydrogens (primary N) is 1. The van der Waals surface area contributed by atoms with Crippen molar-refractivity contribution in [3.05, 3.63) is 41.8 Å². The summed E-state index contributed by atoms with van der Waals surface area (Å²) in [6.07, 6.45) is 1.46. The highest BCUT2D eigenvalue weighted by Gasteiger charge is 2.15. The van der Waals surface area contributed by atoms with Crippen LogP contribution in [0.25, 0.3) is 5.69 Å². The molecule has 1 aromatic heterocycles. The highest BCUT2D eigenvalue weighted by molar-refractivity contribution is 5.94. The van der Waals surface area contributed by atoms with Crippen LogP contribution in [-0.2, 0) is 4.74 Å². The lowest BCUT2D eigenvalue weighted by atomic mass is 10.3. The fourth-order valence-corrected chi connectivity index (χ4v) is 1.48. The molecule has 0 saturated heterocycles. The van der Waals surface area contributed by atoms with Gasteiger partial charge in [-0.25, -0.2) is 13.9 Å². The van der Waals surface area contributed by atoms with E-state index >= 15 is 0 Å². The van der Waals surface area contributed by atoms with Gasteiger partial charge in [-0.15, -0.1) is 5.10 Å². The SMILES string of the molecule is CCOC(=O)c1cn(-c2ccc(F)cc2)nc1N. The van der Waals surface area contributed by atoms with Crippen LogP contribution in [0.4, 0.5) is 10.2 Å². The molecule has 0 saturated carbocycles. The third kappa shape index (κ3) is 2.32. The van der Waals surface area contributed by atoms with Crippen molar-refractivity contribution < 1.29 is 13.9 Å². The van der Waals surface area contributed by atoms with Crippen LogP contribution in [-0.4, -0.2) is 22.4 Å². The molecule has 0 amide bonds. The molecule has 0 atom stereocenters. The first-order valence-electron chi connectivity index (χ1n) is 5.40. The fourth-order valence-electron chi connectivity index (χ4n) is 1.48. The topological polar surface area (TPSA) is 70.1 Å². The molecule has 6 heteroatoms. The summed E-state index contributed by atoms with van der Waals surface area (Å²) in [5.41, 5.74) is 6.44. The van der Waals surface area contributed by atoms with Gasteiger partial charge < -0.3 is 10.5 Å². The summed E-state index contributed by atoms with van der Waals surface area (Å²) in [5, 5.41) is 3.99. The van der Waals surface area contributed by atoms with Gasteiger partial charge in [-0.1, -0.05) is 0 Å². The Balaban J connectivity index is 2.34. The van der Waals surface area contributed by atoms with Gasteiger partial charge in [-0.05, 0) is 31.2 Å². The van der Waals surface area contributed by atoms with Gasteiger partial charge in [0.25, 0.3) is 0 Å². The third-order valence-corrected chi connectivity index (χ3v) is 2.33. The fraction of sp³-hybridized carbons (Fsp3) is 0.167. The van der Waals surface area contributed by atoms with E-state index in [-0.39, 0.29) is 23.8 Å². The molecule has 0 unspecified atom stereocenters. The molecule has 1 aromatic carbocycles. The Hall–Kier alpha value is -2.37. The summed E-state index contributed by atoms with van der Waals surface area (Å²) in [7, 11) is 0. The van der Waals surface area contributed by atoms with Crippen molar-refractivity contribution in [2.75, 3.05) is 12.3 Å². The van der Waals surface area contributed by atoms with Crippen LogP contribution in [0.5, 0.6) is 0 Å². The summed E-state index contributed by atoms with van der Waals surface area (Å²) >= 11 is 0. The van der Waals surface area contributed by atoms with Crippen molar-refractivity contribution >= 4 is 11.8 Å². The van der Waals surface area contributed by atoms with Gasteiger partial charge in [-0.2, -0.15) is 0 Å². The Kier molecular flexibility index (Phi) is 3.27. The van der Waals surface area contributed by atoms with Crippen LogP contribution < -0.4 is 5.73 Å². The van der Waals surface area contributed by atoms with Crippen molar-refractivity contribution in [1.29, 1.82) is 0 Å². The van der Waals surface area contributed by atoms with Crippen LogP contribution in [0.3, 0.4) is 0 Å². The van der Waals surface area contributed by atoms with Gasteiger partial charge in [0, 0.05) is 6.20 Å². The smallest absolute Gasteiger partial charge is 0.343 e. The Morgan fingerprint density at radius 1 is 1.44 bits per heavy atom. The number of rotatable bonds is 3. The number of anilines is 1. The van der Waals surface area contributed by atoms with E-state index in [4.69, 9.17) is 10.5 Å². The molecule has 0 fully saturated rings. The van der Waals surface area contributed by atoms with E-state index in [1.165, 1.54) is 35.1 Å². The van der Waals surface area contributed by atoms with Crippen molar-refractivity contribution in [2.24, 2.45) is 0 Å². The largest absolute Gasteiger partial charge is 0.462 e. The number of aromatic nitrogens is 2. The molecule has 1 heterocycles. The van der Waals surface area contributed by atoms with Crippen LogP contribution in [0.1, 0.15) is 17.3 Å². The Morgan fingerprint density at radius 3 is 2.72 bits per heavy atom. The molecule has 0 bridgehead atoms. The lowest BCUT2D eigenvalue weighted by Crippen LogP contribution is -2.05. The third-order valence-electron chi connectivity index (χ3n) is 2.33. The molecule has 18 heavy (non-hydrogen) atoms. The van der Waals surface area contributed by atoms with Crippen LogP contribution in [0, 0.1) is 5.82 Å². The average Bonchev–Trinajstić information content (AvgIpc) is 2.72. The van der Waals surface area contributed by atoms with Gasteiger partial charge >= 0.3 is 5.97 Å². The summed E-state index contributed by atoms with van der Waals surface area (Å²) in [5.74, 6) is -0.786. The summed E-state index contributed by atoms with van der Waals surface area (Å²) < 4.78 is 19.0. The van der Waals surface area contributed by atoms with Crippen molar-refractivity contribution in [2.45, 2.75) is 6.92 Å². The summed E-state index contributed by atoms with van der Waals surface area (Å²) in [6.45, 7) is 1.97. The first-order valence-corrected chi connectivity index (χ1v) is 5.40. The molecule has 2 aromatic rings. The van der Waals surface area contributed by atoms with Crippen LogP contribution in [0.15, 0.2) is 30.5 Å². The van der Waals surface area contributed by atoms with E-state index in [0.29, 0.717) is 5.69 Å². The Bertz CT molecular complexity index is 563. The lowest BCUT2D eigenvalue weighted by molar-refractivity contribution is 0.0527. The predicted octanol–water partition coefficient (Wildman–Crippen LogP) is 1.77. The summed E-state index contributed by atoms with van der Waals surface area (Å²) in [4.78, 5) is 11.5. The maximum Gasteiger partial charge on any atom is 0.343 e. The minimum absolute atomic E-state index is 0.0813. The van der Waals surface area contributed by atoms with E-state index in [2.05, 4.69) is 5.10 Å². The minimum Gasteiger partial charge on any atom is -0.462 e. The number of halogens is 1. The van der Waals surface area contributed by atoms with Crippen molar-refractivity contribution in [1.82, 2.24) is 9.78 Å². The monoisotopic (exact) mass is 249 g/mol. The predicted molar refractivity (Wildman–Crippen MR) is 63.9 cm³/mol. The second-order valence-corrected chi connectivity index (χ2v) is 3.57. The quantitative estimate of drug-likeness (QED) is 0.841. The zero-order valence-corrected chi connectivity index (χ0v) is 9.76. The molecular weight excluding hydrogens is 237 g/mol.